The summed E-state index contributed by atoms with van der Waals surface area (Å²) in [4.78, 5) is 25.4. The molecule has 1 aromatic carbocycles. The van der Waals surface area contributed by atoms with Gasteiger partial charge in [0.2, 0.25) is 5.91 Å². The van der Waals surface area contributed by atoms with Crippen LogP contribution in [0.3, 0.4) is 0 Å². The molecule has 0 aromatic heterocycles. The molecule has 2 rings (SSSR count). The molecule has 1 aliphatic rings. The standard InChI is InChI=1S/C16H20BrNO3/c1-11(12-4-6-13(17)7-5-12)10-14(19)18-9-3-8-16(18,2)15(20)21/h4-7,11H,3,8-10H2,1-2H3,(H,20,21). The lowest BCUT2D eigenvalue weighted by Gasteiger charge is -2.32. The highest BCUT2D eigenvalue weighted by Crippen LogP contribution is 2.31. The minimum Gasteiger partial charge on any atom is -0.480 e. The number of carbonyl (C=O) groups is 2. The molecule has 114 valence electrons. The molecule has 0 aliphatic carbocycles. The highest BCUT2D eigenvalue weighted by molar-refractivity contribution is 9.10. The van der Waals surface area contributed by atoms with Crippen molar-refractivity contribution in [2.75, 3.05) is 6.54 Å². The second kappa shape index (κ2) is 6.18. The summed E-state index contributed by atoms with van der Waals surface area (Å²) in [5.74, 6) is -0.915. The number of rotatable bonds is 4. The van der Waals surface area contributed by atoms with Gasteiger partial charge in [-0.1, -0.05) is 35.0 Å². The van der Waals surface area contributed by atoms with Crippen molar-refractivity contribution >= 4 is 27.8 Å². The molecule has 0 radical (unpaired) electrons. The zero-order chi connectivity index (χ0) is 15.6. The van der Waals surface area contributed by atoms with E-state index in [4.69, 9.17) is 0 Å². The zero-order valence-electron chi connectivity index (χ0n) is 12.3. The number of likely N-dealkylation sites (tertiary alicyclic amines) is 1. The highest BCUT2D eigenvalue weighted by atomic mass is 79.9. The Labute approximate surface area is 133 Å². The lowest BCUT2D eigenvalue weighted by molar-refractivity contribution is -0.155. The fourth-order valence-corrected chi connectivity index (χ4v) is 3.13. The van der Waals surface area contributed by atoms with Gasteiger partial charge in [0.25, 0.3) is 0 Å². The molecule has 2 atom stereocenters. The molecule has 0 bridgehead atoms. The molecule has 0 saturated carbocycles. The van der Waals surface area contributed by atoms with Gasteiger partial charge in [-0.3, -0.25) is 4.79 Å². The van der Waals surface area contributed by atoms with Gasteiger partial charge >= 0.3 is 5.97 Å². The maximum atomic E-state index is 12.5. The van der Waals surface area contributed by atoms with Crippen LogP contribution >= 0.6 is 15.9 Å². The third-order valence-corrected chi connectivity index (χ3v) is 4.85. The van der Waals surface area contributed by atoms with Gasteiger partial charge in [-0.2, -0.15) is 0 Å². The van der Waals surface area contributed by atoms with Gasteiger partial charge in [-0.05, 0) is 43.4 Å². The first-order valence-electron chi connectivity index (χ1n) is 7.14. The molecule has 5 heteroatoms. The topological polar surface area (TPSA) is 57.6 Å². The Balaban J connectivity index is 2.07. The van der Waals surface area contributed by atoms with E-state index in [1.54, 1.807) is 6.92 Å². The van der Waals surface area contributed by atoms with E-state index < -0.39 is 11.5 Å². The Morgan fingerprint density at radius 1 is 1.38 bits per heavy atom. The van der Waals surface area contributed by atoms with Gasteiger partial charge in [0.05, 0.1) is 0 Å². The molecule has 1 aliphatic heterocycles. The number of halogens is 1. The number of carboxylic acids is 1. The predicted molar refractivity (Wildman–Crippen MR) is 84.2 cm³/mol. The molecule has 1 aromatic rings. The average molecular weight is 354 g/mol. The molecule has 1 amide bonds. The molecular weight excluding hydrogens is 334 g/mol. The van der Waals surface area contributed by atoms with E-state index in [1.165, 1.54) is 4.90 Å². The van der Waals surface area contributed by atoms with E-state index in [1.807, 2.05) is 31.2 Å². The number of aliphatic carboxylic acids is 1. The lowest BCUT2D eigenvalue weighted by atomic mass is 9.95. The zero-order valence-corrected chi connectivity index (χ0v) is 13.9. The molecule has 1 heterocycles. The second-order valence-corrected chi connectivity index (χ2v) is 6.80. The van der Waals surface area contributed by atoms with Crippen molar-refractivity contribution in [1.82, 2.24) is 4.90 Å². The van der Waals surface area contributed by atoms with Crippen LogP contribution < -0.4 is 0 Å². The van der Waals surface area contributed by atoms with Crippen LogP contribution in [-0.4, -0.2) is 34.0 Å². The largest absolute Gasteiger partial charge is 0.480 e. The molecule has 21 heavy (non-hydrogen) atoms. The summed E-state index contributed by atoms with van der Waals surface area (Å²) in [6.45, 7) is 4.18. The summed E-state index contributed by atoms with van der Waals surface area (Å²) in [7, 11) is 0. The summed E-state index contributed by atoms with van der Waals surface area (Å²) in [6, 6.07) is 7.88. The SMILES string of the molecule is CC(CC(=O)N1CCCC1(C)C(=O)O)c1ccc(Br)cc1. The smallest absolute Gasteiger partial charge is 0.329 e. The van der Waals surface area contributed by atoms with Crippen molar-refractivity contribution in [1.29, 1.82) is 0 Å². The maximum Gasteiger partial charge on any atom is 0.329 e. The van der Waals surface area contributed by atoms with Crippen molar-refractivity contribution in [2.45, 2.75) is 44.6 Å². The first-order valence-corrected chi connectivity index (χ1v) is 7.93. The Kier molecular flexibility index (Phi) is 4.71. The number of hydrogen-bond donors (Lipinski definition) is 1. The van der Waals surface area contributed by atoms with Crippen LogP contribution in [0.5, 0.6) is 0 Å². The molecule has 4 nitrogen and oxygen atoms in total. The summed E-state index contributed by atoms with van der Waals surface area (Å²) in [5, 5.41) is 9.37. The van der Waals surface area contributed by atoms with Crippen LogP contribution in [0.2, 0.25) is 0 Å². The molecule has 1 fully saturated rings. The average Bonchev–Trinajstić information content (AvgIpc) is 2.83. The van der Waals surface area contributed by atoms with Crippen LogP contribution in [-0.2, 0) is 9.59 Å². The third kappa shape index (κ3) is 3.28. The summed E-state index contributed by atoms with van der Waals surface area (Å²) in [5.41, 5.74) is 0.0408. The van der Waals surface area contributed by atoms with Crippen LogP contribution in [0.1, 0.15) is 44.6 Å². The van der Waals surface area contributed by atoms with E-state index in [9.17, 15) is 14.7 Å². The first-order chi connectivity index (χ1) is 9.84. The Bertz CT molecular complexity index is 543. The summed E-state index contributed by atoms with van der Waals surface area (Å²) >= 11 is 3.39. The van der Waals surface area contributed by atoms with Crippen molar-refractivity contribution < 1.29 is 14.7 Å². The Morgan fingerprint density at radius 2 is 2.00 bits per heavy atom. The van der Waals surface area contributed by atoms with E-state index in [0.717, 1.165) is 16.5 Å². The minimum absolute atomic E-state index is 0.0734. The normalized spacial score (nSPS) is 23.1. The fraction of sp³-hybridized carbons (Fsp3) is 0.500. The fourth-order valence-electron chi connectivity index (χ4n) is 2.87. The predicted octanol–water partition coefficient (Wildman–Crippen LogP) is 3.41. The third-order valence-electron chi connectivity index (χ3n) is 4.32. The van der Waals surface area contributed by atoms with E-state index in [-0.39, 0.29) is 11.8 Å². The number of amides is 1. The van der Waals surface area contributed by atoms with E-state index in [0.29, 0.717) is 19.4 Å². The van der Waals surface area contributed by atoms with Gasteiger partial charge in [-0.15, -0.1) is 0 Å². The number of hydrogen-bond acceptors (Lipinski definition) is 2. The molecule has 1 N–H and O–H groups in total. The summed E-state index contributed by atoms with van der Waals surface area (Å²) in [6.07, 6.45) is 1.62. The van der Waals surface area contributed by atoms with Gasteiger partial charge in [-0.25, -0.2) is 4.79 Å². The van der Waals surface area contributed by atoms with Gasteiger partial charge in [0.1, 0.15) is 5.54 Å². The van der Waals surface area contributed by atoms with E-state index >= 15 is 0 Å². The van der Waals surface area contributed by atoms with Crippen molar-refractivity contribution in [3.8, 4) is 0 Å². The van der Waals surface area contributed by atoms with Crippen LogP contribution in [0, 0.1) is 0 Å². The van der Waals surface area contributed by atoms with Gasteiger partial charge < -0.3 is 10.0 Å². The lowest BCUT2D eigenvalue weighted by Crippen LogP contribution is -2.50. The second-order valence-electron chi connectivity index (χ2n) is 5.88. The minimum atomic E-state index is -1.05. The van der Waals surface area contributed by atoms with Crippen LogP contribution in [0.15, 0.2) is 28.7 Å². The van der Waals surface area contributed by atoms with Crippen molar-refractivity contribution in [2.24, 2.45) is 0 Å². The van der Waals surface area contributed by atoms with Gasteiger partial charge in [0.15, 0.2) is 0 Å². The monoisotopic (exact) mass is 353 g/mol. The number of carbonyl (C=O) groups excluding carboxylic acids is 1. The quantitative estimate of drug-likeness (QED) is 0.902. The summed E-state index contributed by atoms with van der Waals surface area (Å²) < 4.78 is 1.00. The molecule has 1 saturated heterocycles. The van der Waals surface area contributed by atoms with Crippen LogP contribution in [0.4, 0.5) is 0 Å². The Hall–Kier alpha value is -1.36. The van der Waals surface area contributed by atoms with Crippen molar-refractivity contribution in [3.63, 3.8) is 0 Å². The number of nitrogens with zero attached hydrogens (tertiary/aromatic N) is 1. The number of benzene rings is 1. The molecule has 2 unspecified atom stereocenters. The van der Waals surface area contributed by atoms with Crippen molar-refractivity contribution in [3.05, 3.63) is 34.3 Å². The van der Waals surface area contributed by atoms with E-state index in [2.05, 4.69) is 15.9 Å². The molecule has 0 spiro atoms. The number of carboxylic acid groups (broad SMARTS) is 1. The van der Waals surface area contributed by atoms with Crippen LogP contribution in [0.25, 0.3) is 0 Å². The first kappa shape index (κ1) is 16.0. The highest BCUT2D eigenvalue weighted by Gasteiger charge is 2.45. The maximum absolute atomic E-state index is 12.5. The Morgan fingerprint density at radius 3 is 2.57 bits per heavy atom. The van der Waals surface area contributed by atoms with Gasteiger partial charge in [0, 0.05) is 17.4 Å². The molecular formula is C16H20BrNO3.